The Morgan fingerprint density at radius 3 is 3.04 bits per heavy atom. The van der Waals surface area contributed by atoms with Crippen molar-refractivity contribution in [3.8, 4) is 5.75 Å². The second kappa shape index (κ2) is 7.23. The van der Waals surface area contributed by atoms with Crippen LogP contribution in [0.2, 0.25) is 5.02 Å². The minimum Gasteiger partial charge on any atom is -0.496 e. The van der Waals surface area contributed by atoms with E-state index in [4.69, 9.17) is 16.3 Å². The number of aryl methyl sites for hydroxylation is 1. The summed E-state index contributed by atoms with van der Waals surface area (Å²) in [7, 11) is 3.49. The molecule has 2 N–H and O–H groups in total. The normalized spacial score (nSPS) is 20.1. The van der Waals surface area contributed by atoms with Crippen molar-refractivity contribution in [2.45, 2.75) is 12.5 Å². The number of carbonyl (C=O) groups is 1. The van der Waals surface area contributed by atoms with Gasteiger partial charge in [0, 0.05) is 49.4 Å². The summed E-state index contributed by atoms with van der Waals surface area (Å²) in [6, 6.07) is 5.39. The van der Waals surface area contributed by atoms with Crippen LogP contribution in [0.3, 0.4) is 0 Å². The molecule has 2 atom stereocenters. The summed E-state index contributed by atoms with van der Waals surface area (Å²) in [4.78, 5) is 12.6. The first-order valence-corrected chi connectivity index (χ1v) is 8.25. The van der Waals surface area contributed by atoms with Crippen LogP contribution in [0.15, 0.2) is 30.6 Å². The first-order chi connectivity index (χ1) is 11.6. The SMILES string of the molecule is COc1ccc(Cl)cc1CNC(=O)[C@H]1CNC[C@@H]1c1cnn(C)c1. The number of carbonyl (C=O) groups excluding carboxylic acids is 1. The summed E-state index contributed by atoms with van der Waals surface area (Å²) in [6.45, 7) is 1.83. The van der Waals surface area contributed by atoms with Gasteiger partial charge in [-0.05, 0) is 23.8 Å². The van der Waals surface area contributed by atoms with E-state index in [-0.39, 0.29) is 17.7 Å². The summed E-state index contributed by atoms with van der Waals surface area (Å²) in [5, 5.41) is 11.1. The maximum absolute atomic E-state index is 12.6. The molecule has 1 saturated heterocycles. The van der Waals surface area contributed by atoms with Crippen LogP contribution in [0, 0.1) is 5.92 Å². The number of ether oxygens (including phenoxy) is 1. The lowest BCUT2D eigenvalue weighted by molar-refractivity contribution is -0.125. The lowest BCUT2D eigenvalue weighted by atomic mass is 9.90. The van der Waals surface area contributed by atoms with Gasteiger partial charge >= 0.3 is 0 Å². The highest BCUT2D eigenvalue weighted by Crippen LogP contribution is 2.28. The Kier molecular flexibility index (Phi) is 5.06. The molecule has 0 unspecified atom stereocenters. The van der Waals surface area contributed by atoms with E-state index >= 15 is 0 Å². The molecule has 7 heteroatoms. The minimum absolute atomic E-state index is 0.0240. The molecule has 0 spiro atoms. The van der Waals surface area contributed by atoms with Crippen molar-refractivity contribution < 1.29 is 9.53 Å². The molecule has 1 aromatic heterocycles. The predicted molar refractivity (Wildman–Crippen MR) is 92.2 cm³/mol. The van der Waals surface area contributed by atoms with Gasteiger partial charge in [-0.15, -0.1) is 0 Å². The number of methoxy groups -OCH3 is 1. The monoisotopic (exact) mass is 348 g/mol. The van der Waals surface area contributed by atoms with Crippen molar-refractivity contribution in [3.63, 3.8) is 0 Å². The molecule has 0 radical (unpaired) electrons. The molecule has 1 fully saturated rings. The number of halogens is 1. The molecule has 0 saturated carbocycles. The summed E-state index contributed by atoms with van der Waals surface area (Å²) < 4.78 is 7.08. The van der Waals surface area contributed by atoms with Crippen LogP contribution in [0.25, 0.3) is 0 Å². The first-order valence-electron chi connectivity index (χ1n) is 7.88. The molecular weight excluding hydrogens is 328 g/mol. The maximum atomic E-state index is 12.6. The van der Waals surface area contributed by atoms with E-state index in [1.807, 2.05) is 25.5 Å². The molecule has 1 aromatic carbocycles. The number of rotatable bonds is 5. The topological polar surface area (TPSA) is 68.2 Å². The zero-order valence-electron chi connectivity index (χ0n) is 13.8. The molecule has 6 nitrogen and oxygen atoms in total. The molecule has 0 aliphatic carbocycles. The molecule has 0 bridgehead atoms. The average molecular weight is 349 g/mol. The zero-order valence-corrected chi connectivity index (χ0v) is 14.5. The molecule has 24 heavy (non-hydrogen) atoms. The highest BCUT2D eigenvalue weighted by atomic mass is 35.5. The highest BCUT2D eigenvalue weighted by Gasteiger charge is 2.34. The summed E-state index contributed by atoms with van der Waals surface area (Å²) in [5.41, 5.74) is 1.95. The Labute approximate surface area is 146 Å². The van der Waals surface area contributed by atoms with Crippen molar-refractivity contribution in [2.75, 3.05) is 20.2 Å². The first kappa shape index (κ1) is 16.8. The second-order valence-electron chi connectivity index (χ2n) is 5.99. The molecule has 2 heterocycles. The third kappa shape index (κ3) is 3.55. The van der Waals surface area contributed by atoms with Gasteiger partial charge in [0.05, 0.1) is 19.2 Å². The number of hydrogen-bond acceptors (Lipinski definition) is 4. The summed E-state index contributed by atoms with van der Waals surface area (Å²) in [5.74, 6) is 0.767. The third-order valence-electron chi connectivity index (χ3n) is 4.40. The quantitative estimate of drug-likeness (QED) is 0.863. The number of benzene rings is 1. The van der Waals surface area contributed by atoms with Crippen molar-refractivity contribution >= 4 is 17.5 Å². The number of nitrogens with zero attached hydrogens (tertiary/aromatic N) is 2. The Hall–Kier alpha value is -2.05. The average Bonchev–Trinajstić information content (AvgIpc) is 3.21. The van der Waals surface area contributed by atoms with Crippen LogP contribution in [0.1, 0.15) is 17.0 Å². The van der Waals surface area contributed by atoms with Gasteiger partial charge in [0.1, 0.15) is 5.75 Å². The van der Waals surface area contributed by atoms with Crippen LogP contribution in [-0.4, -0.2) is 35.9 Å². The van der Waals surface area contributed by atoms with E-state index in [1.54, 1.807) is 23.9 Å². The van der Waals surface area contributed by atoms with Crippen molar-refractivity contribution in [3.05, 3.63) is 46.7 Å². The Morgan fingerprint density at radius 1 is 1.50 bits per heavy atom. The highest BCUT2D eigenvalue weighted by molar-refractivity contribution is 6.30. The maximum Gasteiger partial charge on any atom is 0.225 e. The van der Waals surface area contributed by atoms with E-state index < -0.39 is 0 Å². The molecular formula is C17H21ClN4O2. The molecule has 1 aliphatic rings. The Balaban J connectivity index is 1.67. The lowest BCUT2D eigenvalue weighted by Gasteiger charge is -2.17. The molecule has 3 rings (SSSR count). The molecule has 128 valence electrons. The van der Waals surface area contributed by atoms with Crippen LogP contribution in [-0.2, 0) is 18.4 Å². The Morgan fingerprint density at radius 2 is 2.33 bits per heavy atom. The third-order valence-corrected chi connectivity index (χ3v) is 4.63. The fraction of sp³-hybridized carbons (Fsp3) is 0.412. The summed E-state index contributed by atoms with van der Waals surface area (Å²) in [6.07, 6.45) is 3.80. The Bertz CT molecular complexity index is 731. The largest absolute Gasteiger partial charge is 0.496 e. The van der Waals surface area contributed by atoms with Gasteiger partial charge in [0.25, 0.3) is 0 Å². The van der Waals surface area contributed by atoms with E-state index in [0.29, 0.717) is 23.9 Å². The van der Waals surface area contributed by atoms with Gasteiger partial charge < -0.3 is 15.4 Å². The van der Waals surface area contributed by atoms with Crippen LogP contribution >= 0.6 is 11.6 Å². The van der Waals surface area contributed by atoms with Gasteiger partial charge in [-0.25, -0.2) is 0 Å². The fourth-order valence-electron chi connectivity index (χ4n) is 3.13. The number of nitrogens with one attached hydrogen (secondary N) is 2. The van der Waals surface area contributed by atoms with Gasteiger partial charge in [-0.2, -0.15) is 5.10 Å². The minimum atomic E-state index is -0.112. The number of hydrogen-bond donors (Lipinski definition) is 2. The van der Waals surface area contributed by atoms with Crippen LogP contribution < -0.4 is 15.4 Å². The van der Waals surface area contributed by atoms with E-state index in [1.165, 1.54) is 0 Å². The van der Waals surface area contributed by atoms with E-state index in [0.717, 1.165) is 17.7 Å². The second-order valence-corrected chi connectivity index (χ2v) is 6.43. The molecule has 2 aromatic rings. The van der Waals surface area contributed by atoms with Gasteiger partial charge in [-0.1, -0.05) is 11.6 Å². The molecule has 1 amide bonds. The van der Waals surface area contributed by atoms with Gasteiger partial charge in [0.2, 0.25) is 5.91 Å². The lowest BCUT2D eigenvalue weighted by Crippen LogP contribution is -2.34. The predicted octanol–water partition coefficient (Wildman–Crippen LogP) is 1.70. The molecule has 1 aliphatic heterocycles. The zero-order chi connectivity index (χ0) is 17.1. The van der Waals surface area contributed by atoms with Crippen LogP contribution in [0.4, 0.5) is 0 Å². The number of amides is 1. The van der Waals surface area contributed by atoms with Gasteiger partial charge in [0.15, 0.2) is 0 Å². The van der Waals surface area contributed by atoms with Gasteiger partial charge in [-0.3, -0.25) is 9.48 Å². The van der Waals surface area contributed by atoms with Crippen molar-refractivity contribution in [2.24, 2.45) is 13.0 Å². The van der Waals surface area contributed by atoms with Crippen molar-refractivity contribution in [1.82, 2.24) is 20.4 Å². The standard InChI is InChI=1S/C17H21ClN4O2/c1-22-10-12(7-21-22)14-8-19-9-15(14)17(23)20-6-11-5-13(18)3-4-16(11)24-2/h3-5,7,10,14-15,19H,6,8-9H2,1-2H3,(H,20,23)/t14-,15+/m1/s1. The smallest absolute Gasteiger partial charge is 0.225 e. The summed E-state index contributed by atoms with van der Waals surface area (Å²) >= 11 is 6.03. The van der Waals surface area contributed by atoms with Crippen molar-refractivity contribution in [1.29, 1.82) is 0 Å². The van der Waals surface area contributed by atoms with E-state index in [2.05, 4.69) is 15.7 Å². The fourth-order valence-corrected chi connectivity index (χ4v) is 3.33. The van der Waals surface area contributed by atoms with E-state index in [9.17, 15) is 4.79 Å². The number of aromatic nitrogens is 2. The van der Waals surface area contributed by atoms with Crippen LogP contribution in [0.5, 0.6) is 5.75 Å².